The van der Waals surface area contributed by atoms with Gasteiger partial charge in [-0.2, -0.15) is 5.10 Å². The minimum Gasteiger partial charge on any atom is -0.371 e. The minimum atomic E-state index is -0.267. The third-order valence-corrected chi connectivity index (χ3v) is 3.30. The Balaban J connectivity index is 1.74. The van der Waals surface area contributed by atoms with E-state index in [2.05, 4.69) is 25.5 Å². The summed E-state index contributed by atoms with van der Waals surface area (Å²) in [5.41, 5.74) is 1.02. The smallest absolute Gasteiger partial charge is 0.288 e. The van der Waals surface area contributed by atoms with E-state index in [0.29, 0.717) is 6.61 Å². The molecule has 104 valence electrons. The Morgan fingerprint density at radius 3 is 3.00 bits per heavy atom. The van der Waals surface area contributed by atoms with Crippen molar-refractivity contribution in [3.8, 4) is 0 Å². The maximum atomic E-state index is 12.0. The summed E-state index contributed by atoms with van der Waals surface area (Å²) in [4.78, 5) is 19.9. The van der Waals surface area contributed by atoms with Crippen LogP contribution in [-0.2, 0) is 4.74 Å². The van der Waals surface area contributed by atoms with E-state index in [1.807, 2.05) is 12.1 Å². The number of hydrogen-bond acceptors (Lipinski definition) is 5. The summed E-state index contributed by atoms with van der Waals surface area (Å²) >= 11 is 0. The predicted octanol–water partition coefficient (Wildman–Crippen LogP) is 0.850. The lowest BCUT2D eigenvalue weighted by Gasteiger charge is -2.32. The van der Waals surface area contributed by atoms with Crippen molar-refractivity contribution in [2.75, 3.05) is 6.61 Å². The van der Waals surface area contributed by atoms with Crippen LogP contribution in [0, 0.1) is 0 Å². The Morgan fingerprint density at radius 2 is 2.25 bits per heavy atom. The number of H-pyrrole nitrogens is 1. The van der Waals surface area contributed by atoms with Crippen molar-refractivity contribution in [1.82, 2.24) is 25.5 Å². The molecule has 2 atom stereocenters. The summed E-state index contributed by atoms with van der Waals surface area (Å²) in [7, 11) is 0. The molecule has 0 spiro atoms. The van der Waals surface area contributed by atoms with E-state index in [-0.39, 0.29) is 23.9 Å². The number of ether oxygens (including phenoxy) is 1. The highest BCUT2D eigenvalue weighted by atomic mass is 16.5. The van der Waals surface area contributed by atoms with Gasteiger partial charge in [-0.05, 0) is 30.5 Å². The van der Waals surface area contributed by atoms with E-state index in [4.69, 9.17) is 4.74 Å². The highest BCUT2D eigenvalue weighted by Gasteiger charge is 2.29. The van der Waals surface area contributed by atoms with Crippen LogP contribution in [0.4, 0.5) is 0 Å². The van der Waals surface area contributed by atoms with Gasteiger partial charge in [0.05, 0.1) is 6.04 Å². The number of rotatable bonds is 3. The van der Waals surface area contributed by atoms with E-state index in [9.17, 15) is 4.79 Å². The number of nitrogens with one attached hydrogen (secondary N) is 2. The molecule has 1 aliphatic heterocycles. The number of pyridine rings is 1. The van der Waals surface area contributed by atoms with Gasteiger partial charge in [-0.3, -0.25) is 14.9 Å². The fourth-order valence-electron chi connectivity index (χ4n) is 2.36. The zero-order valence-corrected chi connectivity index (χ0v) is 10.8. The van der Waals surface area contributed by atoms with Crippen LogP contribution in [0.2, 0.25) is 0 Å². The monoisotopic (exact) mass is 273 g/mol. The van der Waals surface area contributed by atoms with Crippen molar-refractivity contribution in [2.45, 2.75) is 25.0 Å². The van der Waals surface area contributed by atoms with Gasteiger partial charge in [-0.1, -0.05) is 0 Å². The maximum Gasteiger partial charge on any atom is 0.288 e. The highest BCUT2D eigenvalue weighted by Crippen LogP contribution is 2.28. The van der Waals surface area contributed by atoms with Crippen molar-refractivity contribution < 1.29 is 9.53 Å². The van der Waals surface area contributed by atoms with Crippen molar-refractivity contribution in [2.24, 2.45) is 0 Å². The first-order valence-corrected chi connectivity index (χ1v) is 6.52. The lowest BCUT2D eigenvalue weighted by atomic mass is 9.96. The maximum absolute atomic E-state index is 12.0. The summed E-state index contributed by atoms with van der Waals surface area (Å²) in [6.07, 6.45) is 6.40. The van der Waals surface area contributed by atoms with Crippen LogP contribution >= 0.6 is 0 Å². The molecule has 2 aromatic heterocycles. The number of aromatic nitrogens is 4. The van der Waals surface area contributed by atoms with Crippen LogP contribution in [0.5, 0.6) is 0 Å². The van der Waals surface area contributed by atoms with Gasteiger partial charge < -0.3 is 10.1 Å². The first kappa shape index (κ1) is 12.7. The normalized spacial score (nSPS) is 22.4. The Labute approximate surface area is 115 Å². The second-order valence-corrected chi connectivity index (χ2v) is 4.63. The molecule has 0 aliphatic carbocycles. The third-order valence-electron chi connectivity index (χ3n) is 3.30. The second kappa shape index (κ2) is 5.79. The number of amides is 1. The van der Waals surface area contributed by atoms with Gasteiger partial charge in [0.15, 0.2) is 0 Å². The number of carbonyl (C=O) groups excluding carboxylic acids is 1. The summed E-state index contributed by atoms with van der Waals surface area (Å²) < 4.78 is 5.81. The minimum absolute atomic E-state index is 0.0799. The van der Waals surface area contributed by atoms with Crippen LogP contribution in [0.25, 0.3) is 0 Å². The van der Waals surface area contributed by atoms with E-state index < -0.39 is 0 Å². The van der Waals surface area contributed by atoms with Gasteiger partial charge in [0.2, 0.25) is 5.82 Å². The SMILES string of the molecule is O=C(N[C@H]1CCCO[C@@H]1c1ccncc1)c1ncn[nH]1. The molecule has 0 unspecified atom stereocenters. The van der Waals surface area contributed by atoms with Gasteiger partial charge in [0.25, 0.3) is 5.91 Å². The fraction of sp³-hybridized carbons (Fsp3) is 0.385. The number of hydrogen-bond donors (Lipinski definition) is 2. The molecule has 0 aromatic carbocycles. The molecule has 1 saturated heterocycles. The summed E-state index contributed by atoms with van der Waals surface area (Å²) in [6.45, 7) is 0.696. The molecule has 7 nitrogen and oxygen atoms in total. The van der Waals surface area contributed by atoms with E-state index in [1.54, 1.807) is 12.4 Å². The van der Waals surface area contributed by atoms with Crippen LogP contribution in [0.15, 0.2) is 30.9 Å². The zero-order valence-electron chi connectivity index (χ0n) is 10.8. The van der Waals surface area contributed by atoms with E-state index >= 15 is 0 Å². The van der Waals surface area contributed by atoms with Crippen LogP contribution in [0.3, 0.4) is 0 Å². The Bertz CT molecular complexity index is 557. The first-order valence-electron chi connectivity index (χ1n) is 6.52. The molecular formula is C13H15N5O2. The summed E-state index contributed by atoms with van der Waals surface area (Å²) in [5.74, 6) is -0.0545. The van der Waals surface area contributed by atoms with Crippen LogP contribution in [0.1, 0.15) is 35.1 Å². The van der Waals surface area contributed by atoms with Gasteiger partial charge in [0, 0.05) is 19.0 Å². The topological polar surface area (TPSA) is 92.8 Å². The van der Waals surface area contributed by atoms with Crippen molar-refractivity contribution in [3.05, 3.63) is 42.2 Å². The van der Waals surface area contributed by atoms with Crippen LogP contribution < -0.4 is 5.32 Å². The fourth-order valence-corrected chi connectivity index (χ4v) is 2.36. The molecule has 7 heteroatoms. The molecule has 2 N–H and O–H groups in total. The molecule has 1 amide bonds. The average Bonchev–Trinajstić information content (AvgIpc) is 3.03. The standard InChI is InChI=1S/C13H15N5O2/c19-13(12-15-8-16-18-12)17-10-2-1-7-20-11(10)9-3-5-14-6-4-9/h3-6,8,10-11H,1-2,7H2,(H,17,19)(H,15,16,18)/t10-,11+/m0/s1. The lowest BCUT2D eigenvalue weighted by Crippen LogP contribution is -2.43. The second-order valence-electron chi connectivity index (χ2n) is 4.63. The molecular weight excluding hydrogens is 258 g/mol. The number of aromatic amines is 1. The lowest BCUT2D eigenvalue weighted by molar-refractivity contribution is -0.00960. The zero-order chi connectivity index (χ0) is 13.8. The van der Waals surface area contributed by atoms with Gasteiger partial charge in [-0.25, -0.2) is 4.98 Å². The third kappa shape index (κ3) is 2.67. The molecule has 0 bridgehead atoms. The Kier molecular flexibility index (Phi) is 3.69. The average molecular weight is 273 g/mol. The Morgan fingerprint density at radius 1 is 1.40 bits per heavy atom. The quantitative estimate of drug-likeness (QED) is 0.864. The number of carbonyl (C=O) groups is 1. The van der Waals surface area contributed by atoms with Crippen molar-refractivity contribution in [1.29, 1.82) is 0 Å². The summed E-state index contributed by atoms with van der Waals surface area (Å²) in [6, 6.07) is 3.73. The molecule has 2 aromatic rings. The van der Waals surface area contributed by atoms with Crippen molar-refractivity contribution in [3.63, 3.8) is 0 Å². The number of nitrogens with zero attached hydrogens (tertiary/aromatic N) is 3. The van der Waals surface area contributed by atoms with E-state index in [0.717, 1.165) is 18.4 Å². The first-order chi connectivity index (χ1) is 9.84. The molecule has 1 fully saturated rings. The molecule has 3 heterocycles. The van der Waals surface area contributed by atoms with Gasteiger partial charge >= 0.3 is 0 Å². The Hall–Kier alpha value is -2.28. The molecule has 3 rings (SSSR count). The summed E-state index contributed by atoms with van der Waals surface area (Å²) in [5, 5.41) is 9.19. The van der Waals surface area contributed by atoms with Crippen molar-refractivity contribution >= 4 is 5.91 Å². The molecule has 0 saturated carbocycles. The molecule has 0 radical (unpaired) electrons. The highest BCUT2D eigenvalue weighted by molar-refractivity contribution is 5.90. The van der Waals surface area contributed by atoms with Gasteiger partial charge in [-0.15, -0.1) is 0 Å². The predicted molar refractivity (Wildman–Crippen MR) is 69.8 cm³/mol. The van der Waals surface area contributed by atoms with E-state index in [1.165, 1.54) is 6.33 Å². The molecule has 1 aliphatic rings. The molecule has 20 heavy (non-hydrogen) atoms. The largest absolute Gasteiger partial charge is 0.371 e. The van der Waals surface area contributed by atoms with Crippen LogP contribution in [-0.4, -0.2) is 38.7 Å². The van der Waals surface area contributed by atoms with Gasteiger partial charge in [0.1, 0.15) is 12.4 Å².